The van der Waals surface area contributed by atoms with Crippen molar-refractivity contribution in [2.24, 2.45) is 0 Å². The summed E-state index contributed by atoms with van der Waals surface area (Å²) in [6.45, 7) is 2.22. The van der Waals surface area contributed by atoms with E-state index in [0.717, 1.165) is 23.0 Å². The minimum atomic E-state index is 0.334. The third-order valence-corrected chi connectivity index (χ3v) is 4.54. The van der Waals surface area contributed by atoms with Crippen LogP contribution >= 0.6 is 15.9 Å². The zero-order chi connectivity index (χ0) is 14.1. The lowest BCUT2D eigenvalue weighted by atomic mass is 10.0. The highest BCUT2D eigenvalue weighted by Gasteiger charge is 2.23. The van der Waals surface area contributed by atoms with Crippen LogP contribution in [0, 0.1) is 0 Å². The van der Waals surface area contributed by atoms with E-state index in [4.69, 9.17) is 5.73 Å². The Morgan fingerprint density at radius 1 is 1.25 bits per heavy atom. The number of nitrogens with one attached hydrogen (secondary N) is 1. The maximum absolute atomic E-state index is 5.86. The fraction of sp³-hybridized carbons (Fsp3) is 0.294. The Morgan fingerprint density at radius 3 is 2.90 bits per heavy atom. The molecular formula is C17H19BrN2. The zero-order valence-corrected chi connectivity index (χ0v) is 13.2. The number of rotatable bonds is 3. The highest BCUT2D eigenvalue weighted by atomic mass is 79.9. The number of hydrogen-bond donors (Lipinski definition) is 2. The predicted molar refractivity (Wildman–Crippen MR) is 87.6 cm³/mol. The van der Waals surface area contributed by atoms with Gasteiger partial charge in [0, 0.05) is 22.2 Å². The van der Waals surface area contributed by atoms with Crippen molar-refractivity contribution in [3.05, 3.63) is 63.6 Å². The molecule has 3 heteroatoms. The van der Waals surface area contributed by atoms with Crippen LogP contribution in [0.15, 0.2) is 46.9 Å². The number of nitrogen functional groups attached to an aromatic ring is 1. The first-order valence-corrected chi connectivity index (χ1v) is 7.82. The molecule has 0 saturated heterocycles. The Balaban J connectivity index is 1.77. The molecule has 0 saturated carbocycles. The van der Waals surface area contributed by atoms with Crippen molar-refractivity contribution >= 4 is 21.6 Å². The van der Waals surface area contributed by atoms with Gasteiger partial charge in [-0.1, -0.05) is 34.1 Å². The summed E-state index contributed by atoms with van der Waals surface area (Å²) in [4.78, 5) is 0. The summed E-state index contributed by atoms with van der Waals surface area (Å²) in [5.74, 6) is 0. The van der Waals surface area contributed by atoms with Crippen molar-refractivity contribution in [3.8, 4) is 0 Å². The molecule has 0 bridgehead atoms. The van der Waals surface area contributed by atoms with Gasteiger partial charge >= 0.3 is 0 Å². The van der Waals surface area contributed by atoms with E-state index in [1.54, 1.807) is 0 Å². The van der Waals surface area contributed by atoms with E-state index in [0.29, 0.717) is 12.1 Å². The molecule has 104 valence electrons. The summed E-state index contributed by atoms with van der Waals surface area (Å²) >= 11 is 3.54. The molecule has 2 aromatic rings. The molecule has 0 spiro atoms. The quantitative estimate of drug-likeness (QED) is 0.820. The second-order valence-corrected chi connectivity index (χ2v) is 6.41. The standard InChI is InChI=1S/C17H19BrN2/c1-11(12-3-2-4-14(18)9-12)20-17-8-5-13-10-15(19)6-7-16(13)17/h2-4,6-7,9-11,17,20H,5,8,19H2,1H3/t11-,17?/m0/s1. The lowest BCUT2D eigenvalue weighted by Gasteiger charge is -2.21. The van der Waals surface area contributed by atoms with E-state index in [-0.39, 0.29) is 0 Å². The van der Waals surface area contributed by atoms with Crippen LogP contribution in [0.5, 0.6) is 0 Å². The average Bonchev–Trinajstić information content (AvgIpc) is 2.81. The number of fused-ring (bicyclic) bond motifs is 1. The van der Waals surface area contributed by atoms with Crippen LogP contribution in [0.3, 0.4) is 0 Å². The van der Waals surface area contributed by atoms with Crippen LogP contribution in [-0.2, 0) is 6.42 Å². The summed E-state index contributed by atoms with van der Waals surface area (Å²) in [5.41, 5.74) is 10.8. The molecule has 1 unspecified atom stereocenters. The van der Waals surface area contributed by atoms with Gasteiger partial charge in [-0.2, -0.15) is 0 Å². The first kappa shape index (κ1) is 13.7. The number of hydrogen-bond acceptors (Lipinski definition) is 2. The van der Waals surface area contributed by atoms with Crippen molar-refractivity contribution in [2.75, 3.05) is 5.73 Å². The lowest BCUT2D eigenvalue weighted by Crippen LogP contribution is -2.23. The smallest absolute Gasteiger partial charge is 0.0331 e. The monoisotopic (exact) mass is 330 g/mol. The molecule has 0 fully saturated rings. The van der Waals surface area contributed by atoms with Crippen molar-refractivity contribution in [2.45, 2.75) is 31.8 Å². The SMILES string of the molecule is C[C@H](NC1CCc2cc(N)ccc21)c1cccc(Br)c1. The van der Waals surface area contributed by atoms with Gasteiger partial charge in [-0.15, -0.1) is 0 Å². The summed E-state index contributed by atoms with van der Waals surface area (Å²) in [6.07, 6.45) is 2.26. The maximum Gasteiger partial charge on any atom is 0.0331 e. The van der Waals surface area contributed by atoms with E-state index >= 15 is 0 Å². The number of halogens is 1. The van der Waals surface area contributed by atoms with Gasteiger partial charge < -0.3 is 11.1 Å². The average molecular weight is 331 g/mol. The first-order chi connectivity index (χ1) is 9.63. The molecule has 1 aliphatic carbocycles. The van der Waals surface area contributed by atoms with Gasteiger partial charge in [0.1, 0.15) is 0 Å². The number of nitrogens with two attached hydrogens (primary N) is 1. The Kier molecular flexibility index (Phi) is 3.81. The molecule has 3 N–H and O–H groups in total. The molecule has 2 aromatic carbocycles. The zero-order valence-electron chi connectivity index (χ0n) is 11.6. The molecule has 2 nitrogen and oxygen atoms in total. The second-order valence-electron chi connectivity index (χ2n) is 5.49. The van der Waals surface area contributed by atoms with Crippen molar-refractivity contribution in [1.82, 2.24) is 5.32 Å². The number of aryl methyl sites for hydroxylation is 1. The largest absolute Gasteiger partial charge is 0.399 e. The third kappa shape index (κ3) is 2.74. The van der Waals surface area contributed by atoms with Gasteiger partial charge in [-0.3, -0.25) is 0 Å². The van der Waals surface area contributed by atoms with Gasteiger partial charge in [0.25, 0.3) is 0 Å². The Morgan fingerprint density at radius 2 is 2.10 bits per heavy atom. The number of anilines is 1. The van der Waals surface area contributed by atoms with E-state index < -0.39 is 0 Å². The summed E-state index contributed by atoms with van der Waals surface area (Å²) in [7, 11) is 0. The highest BCUT2D eigenvalue weighted by molar-refractivity contribution is 9.10. The molecular weight excluding hydrogens is 312 g/mol. The summed E-state index contributed by atoms with van der Waals surface area (Å²) in [5, 5.41) is 3.74. The Hall–Kier alpha value is -1.32. The molecule has 1 aliphatic rings. The maximum atomic E-state index is 5.86. The molecule has 0 aromatic heterocycles. The molecule has 0 radical (unpaired) electrons. The molecule has 2 atom stereocenters. The van der Waals surface area contributed by atoms with Crippen molar-refractivity contribution in [1.29, 1.82) is 0 Å². The summed E-state index contributed by atoms with van der Waals surface area (Å²) in [6, 6.07) is 15.5. The molecule has 3 rings (SSSR count). The molecule has 0 amide bonds. The molecule has 0 heterocycles. The van der Waals surface area contributed by atoms with E-state index in [2.05, 4.69) is 64.6 Å². The van der Waals surface area contributed by atoms with Crippen molar-refractivity contribution < 1.29 is 0 Å². The van der Waals surface area contributed by atoms with Crippen LogP contribution in [0.4, 0.5) is 5.69 Å². The topological polar surface area (TPSA) is 38.0 Å². The Labute approximate surface area is 128 Å². The minimum Gasteiger partial charge on any atom is -0.399 e. The van der Waals surface area contributed by atoms with E-state index in [1.807, 2.05) is 6.07 Å². The van der Waals surface area contributed by atoms with Gasteiger partial charge in [0.15, 0.2) is 0 Å². The summed E-state index contributed by atoms with van der Waals surface area (Å²) < 4.78 is 1.13. The number of benzene rings is 2. The predicted octanol–water partition coefficient (Wildman–Crippen LogP) is 4.37. The fourth-order valence-electron chi connectivity index (χ4n) is 2.98. The lowest BCUT2D eigenvalue weighted by molar-refractivity contribution is 0.465. The minimum absolute atomic E-state index is 0.334. The van der Waals surface area contributed by atoms with E-state index in [9.17, 15) is 0 Å². The molecule has 0 aliphatic heterocycles. The Bertz CT molecular complexity index is 624. The van der Waals surface area contributed by atoms with E-state index in [1.165, 1.54) is 16.7 Å². The van der Waals surface area contributed by atoms with Crippen LogP contribution < -0.4 is 11.1 Å². The molecule has 20 heavy (non-hydrogen) atoms. The van der Waals surface area contributed by atoms with Gasteiger partial charge in [0.05, 0.1) is 0 Å². The highest BCUT2D eigenvalue weighted by Crippen LogP contribution is 2.34. The fourth-order valence-corrected chi connectivity index (χ4v) is 3.40. The first-order valence-electron chi connectivity index (χ1n) is 7.03. The van der Waals surface area contributed by atoms with Gasteiger partial charge in [-0.05, 0) is 60.7 Å². The second kappa shape index (κ2) is 5.58. The van der Waals surface area contributed by atoms with Gasteiger partial charge in [-0.25, -0.2) is 0 Å². The normalized spacial score (nSPS) is 18.8. The van der Waals surface area contributed by atoms with Crippen LogP contribution in [-0.4, -0.2) is 0 Å². The van der Waals surface area contributed by atoms with Gasteiger partial charge in [0.2, 0.25) is 0 Å². The van der Waals surface area contributed by atoms with Crippen molar-refractivity contribution in [3.63, 3.8) is 0 Å². The van der Waals surface area contributed by atoms with Crippen LogP contribution in [0.1, 0.15) is 42.1 Å². The van der Waals surface area contributed by atoms with Crippen LogP contribution in [0.25, 0.3) is 0 Å². The third-order valence-electron chi connectivity index (χ3n) is 4.04. The van der Waals surface area contributed by atoms with Crippen LogP contribution in [0.2, 0.25) is 0 Å².